The van der Waals surface area contributed by atoms with Crippen molar-refractivity contribution >= 4 is 28.6 Å². The zero-order valence-electron chi connectivity index (χ0n) is 6.85. The van der Waals surface area contributed by atoms with Gasteiger partial charge in [-0.15, -0.1) is 0 Å². The Hall–Kier alpha value is 0.360. The van der Waals surface area contributed by atoms with E-state index in [-0.39, 0.29) is 0 Å². The number of rotatable bonds is 2. The molecule has 2 nitrogen and oxygen atoms in total. The smallest absolute Gasteiger partial charge is 0.135 e. The number of nitrogens with zero attached hydrogens (tertiary/aromatic N) is 1. The molecule has 0 radical (unpaired) electrons. The van der Waals surface area contributed by atoms with E-state index in [1.165, 1.54) is 0 Å². The van der Waals surface area contributed by atoms with Crippen LogP contribution in [0, 0.1) is 5.92 Å². The molecule has 64 valence electrons. The van der Waals surface area contributed by atoms with Gasteiger partial charge in [0.15, 0.2) is 0 Å². The molecule has 1 saturated heterocycles. The first-order valence-electron chi connectivity index (χ1n) is 4.17. The highest BCUT2D eigenvalue weighted by molar-refractivity contribution is 14.1. The van der Waals surface area contributed by atoms with E-state index in [1.807, 2.05) is 6.92 Å². The fourth-order valence-corrected chi connectivity index (χ4v) is 2.02. The van der Waals surface area contributed by atoms with Gasteiger partial charge in [0.2, 0.25) is 0 Å². The lowest BCUT2D eigenvalue weighted by molar-refractivity contribution is -0.123. The summed E-state index contributed by atoms with van der Waals surface area (Å²) in [6.45, 7) is 4.12. The minimum atomic E-state index is 0.367. The third-order valence-corrected chi connectivity index (χ3v) is 3.21. The van der Waals surface area contributed by atoms with Crippen molar-refractivity contribution in [2.75, 3.05) is 13.1 Å². The topological polar surface area (TPSA) is 20.3 Å². The van der Waals surface area contributed by atoms with Gasteiger partial charge in [0.25, 0.3) is 0 Å². The van der Waals surface area contributed by atoms with Gasteiger partial charge in [-0.2, -0.15) is 0 Å². The quantitative estimate of drug-likeness (QED) is 0.563. The third-order valence-electron chi connectivity index (χ3n) is 2.24. The first-order valence-corrected chi connectivity index (χ1v) is 5.14. The fourth-order valence-electron chi connectivity index (χ4n) is 1.46. The molecule has 1 fully saturated rings. The van der Waals surface area contributed by atoms with Crippen LogP contribution in [0.1, 0.15) is 26.2 Å². The summed E-state index contributed by atoms with van der Waals surface area (Å²) in [5, 5.41) is 0. The summed E-state index contributed by atoms with van der Waals surface area (Å²) in [5.74, 6) is 0.820. The van der Waals surface area contributed by atoms with Crippen LogP contribution in [0.4, 0.5) is 0 Å². The monoisotopic (exact) mass is 267 g/mol. The van der Waals surface area contributed by atoms with Gasteiger partial charge in [-0.1, -0.05) is 6.92 Å². The molecule has 0 saturated carbocycles. The zero-order chi connectivity index (χ0) is 8.27. The van der Waals surface area contributed by atoms with Gasteiger partial charge < -0.3 is 0 Å². The van der Waals surface area contributed by atoms with Crippen LogP contribution in [0.25, 0.3) is 0 Å². The summed E-state index contributed by atoms with van der Waals surface area (Å²) >= 11 is 2.32. The lowest BCUT2D eigenvalue weighted by atomic mass is 9.92. The van der Waals surface area contributed by atoms with E-state index >= 15 is 0 Å². The Balaban J connectivity index is 2.33. The van der Waals surface area contributed by atoms with E-state index in [4.69, 9.17) is 0 Å². The number of hydrogen-bond donors (Lipinski definition) is 0. The number of carbonyl (C=O) groups excluding carboxylic acids is 1. The van der Waals surface area contributed by atoms with Crippen LogP contribution >= 0.6 is 22.9 Å². The summed E-state index contributed by atoms with van der Waals surface area (Å²) < 4.78 is 2.26. The average Bonchev–Trinajstić information content (AvgIpc) is 2.05. The van der Waals surface area contributed by atoms with Gasteiger partial charge >= 0.3 is 0 Å². The summed E-state index contributed by atoms with van der Waals surface area (Å²) in [6.07, 6.45) is 2.84. The van der Waals surface area contributed by atoms with E-state index in [2.05, 4.69) is 26.0 Å². The largest absolute Gasteiger partial charge is 0.299 e. The Morgan fingerprint density at radius 3 is 2.55 bits per heavy atom. The SMILES string of the molecule is CCC(=O)C1CCN(I)CC1. The summed E-state index contributed by atoms with van der Waals surface area (Å²) in [7, 11) is 0. The number of piperidine rings is 1. The predicted octanol–water partition coefficient (Wildman–Crippen LogP) is 2.03. The van der Waals surface area contributed by atoms with Gasteiger partial charge in [-0.25, -0.2) is 3.11 Å². The van der Waals surface area contributed by atoms with Crippen molar-refractivity contribution in [2.24, 2.45) is 5.92 Å². The second-order valence-electron chi connectivity index (χ2n) is 3.00. The number of Topliss-reactive ketones (excluding diaryl/α,β-unsaturated/α-hetero) is 1. The van der Waals surface area contributed by atoms with Crippen LogP contribution < -0.4 is 0 Å². The molecule has 11 heavy (non-hydrogen) atoms. The van der Waals surface area contributed by atoms with Crippen molar-refractivity contribution in [3.63, 3.8) is 0 Å². The van der Waals surface area contributed by atoms with E-state index in [9.17, 15) is 4.79 Å². The van der Waals surface area contributed by atoms with Gasteiger partial charge in [-0.3, -0.25) is 4.79 Å². The summed E-state index contributed by atoms with van der Waals surface area (Å²) in [5.41, 5.74) is 0. The van der Waals surface area contributed by atoms with Crippen molar-refractivity contribution in [3.05, 3.63) is 0 Å². The molecule has 0 aromatic rings. The fraction of sp³-hybridized carbons (Fsp3) is 0.875. The first kappa shape index (κ1) is 9.45. The van der Waals surface area contributed by atoms with Crippen LogP contribution in [-0.4, -0.2) is 22.0 Å². The van der Waals surface area contributed by atoms with Gasteiger partial charge in [0.05, 0.1) is 0 Å². The van der Waals surface area contributed by atoms with E-state index in [1.54, 1.807) is 0 Å². The first-order chi connectivity index (χ1) is 5.24. The zero-order valence-corrected chi connectivity index (χ0v) is 9.00. The Morgan fingerprint density at radius 2 is 2.09 bits per heavy atom. The lowest BCUT2D eigenvalue weighted by Crippen LogP contribution is -2.29. The van der Waals surface area contributed by atoms with E-state index in [0.717, 1.165) is 25.9 Å². The molecule has 3 heteroatoms. The highest BCUT2D eigenvalue weighted by atomic mass is 127. The van der Waals surface area contributed by atoms with Crippen LogP contribution in [0.5, 0.6) is 0 Å². The molecule has 0 amide bonds. The molecule has 1 aliphatic rings. The molecule has 0 spiro atoms. The minimum absolute atomic E-state index is 0.367. The predicted molar refractivity (Wildman–Crippen MR) is 53.6 cm³/mol. The highest BCUT2D eigenvalue weighted by Crippen LogP contribution is 2.20. The number of ketones is 1. The molecular weight excluding hydrogens is 253 g/mol. The van der Waals surface area contributed by atoms with Crippen molar-refractivity contribution in [1.29, 1.82) is 0 Å². The molecule has 1 heterocycles. The summed E-state index contributed by atoms with van der Waals surface area (Å²) in [6, 6.07) is 0. The third kappa shape index (κ3) is 2.71. The maximum atomic E-state index is 11.3. The van der Waals surface area contributed by atoms with Crippen LogP contribution in [0.2, 0.25) is 0 Å². The van der Waals surface area contributed by atoms with Crippen molar-refractivity contribution in [1.82, 2.24) is 3.11 Å². The Labute approximate surface area is 81.8 Å². The maximum absolute atomic E-state index is 11.3. The normalized spacial score (nSPS) is 22.0. The summed E-state index contributed by atoms with van der Waals surface area (Å²) in [4.78, 5) is 11.3. The lowest BCUT2D eigenvalue weighted by Gasteiger charge is -2.25. The number of halogens is 1. The molecule has 0 bridgehead atoms. The van der Waals surface area contributed by atoms with Crippen LogP contribution in [0.15, 0.2) is 0 Å². The molecule has 0 atom stereocenters. The molecular formula is C8H14INO. The molecule has 1 aliphatic heterocycles. The van der Waals surface area contributed by atoms with E-state index in [0.29, 0.717) is 18.1 Å². The second kappa shape index (κ2) is 4.40. The number of carbonyl (C=O) groups is 1. The van der Waals surface area contributed by atoms with Crippen LogP contribution in [-0.2, 0) is 4.79 Å². The highest BCUT2D eigenvalue weighted by Gasteiger charge is 2.21. The van der Waals surface area contributed by atoms with Crippen molar-refractivity contribution < 1.29 is 4.79 Å². The Morgan fingerprint density at radius 1 is 1.55 bits per heavy atom. The van der Waals surface area contributed by atoms with Gasteiger partial charge in [0, 0.05) is 48.3 Å². The molecule has 0 N–H and O–H groups in total. The standard InChI is InChI=1S/C8H14INO/c1-2-8(11)7-3-5-10(9)6-4-7/h7H,2-6H2,1H3. The number of hydrogen-bond acceptors (Lipinski definition) is 2. The Bertz CT molecular complexity index is 141. The van der Waals surface area contributed by atoms with Gasteiger partial charge in [0.1, 0.15) is 5.78 Å². The molecule has 0 aromatic carbocycles. The molecule has 0 aliphatic carbocycles. The molecule has 0 unspecified atom stereocenters. The molecule has 1 rings (SSSR count). The van der Waals surface area contributed by atoms with Crippen LogP contribution in [0.3, 0.4) is 0 Å². The van der Waals surface area contributed by atoms with Gasteiger partial charge in [-0.05, 0) is 12.8 Å². The maximum Gasteiger partial charge on any atom is 0.135 e. The van der Waals surface area contributed by atoms with Crippen molar-refractivity contribution in [2.45, 2.75) is 26.2 Å². The molecule has 0 aromatic heterocycles. The average molecular weight is 267 g/mol. The Kier molecular flexibility index (Phi) is 3.78. The van der Waals surface area contributed by atoms with Crippen molar-refractivity contribution in [3.8, 4) is 0 Å². The van der Waals surface area contributed by atoms with E-state index < -0.39 is 0 Å². The minimum Gasteiger partial charge on any atom is -0.299 e. The second-order valence-corrected chi connectivity index (χ2v) is 4.37.